The lowest BCUT2D eigenvalue weighted by Gasteiger charge is -2.38. The first-order chi connectivity index (χ1) is 11.8. The number of carbonyl (C=O) groups is 1. The topological polar surface area (TPSA) is 62.1 Å². The van der Waals surface area contributed by atoms with Gasteiger partial charge in [0.25, 0.3) is 10.7 Å². The molecule has 0 unspecified atom stereocenters. The molecule has 0 radical (unpaired) electrons. The van der Waals surface area contributed by atoms with Gasteiger partial charge in [0.15, 0.2) is 0 Å². The molecule has 9 heteroatoms. The van der Waals surface area contributed by atoms with E-state index in [2.05, 4.69) is 10.2 Å². The first-order valence-corrected chi connectivity index (χ1v) is 8.28. The Morgan fingerprint density at radius 3 is 2.48 bits per heavy atom. The van der Waals surface area contributed by atoms with Crippen molar-refractivity contribution in [2.24, 2.45) is 0 Å². The van der Waals surface area contributed by atoms with Gasteiger partial charge in [-0.2, -0.15) is 13.2 Å². The second kappa shape index (κ2) is 6.99. The van der Waals surface area contributed by atoms with E-state index in [0.717, 1.165) is 19.3 Å². The minimum absolute atomic E-state index is 0.112. The summed E-state index contributed by atoms with van der Waals surface area (Å²) in [5.74, 6) is -0.0969. The molecule has 25 heavy (non-hydrogen) atoms. The molecule has 1 N–H and O–H groups in total. The number of rotatable bonds is 5. The molecule has 1 aromatic heterocycles. The maximum Gasteiger partial charge on any atom is 0.390 e. The summed E-state index contributed by atoms with van der Waals surface area (Å²) in [7, 11) is 0. The molecule has 0 saturated heterocycles. The summed E-state index contributed by atoms with van der Waals surface area (Å²) in [5.41, 5.74) is 0.960. The fourth-order valence-electron chi connectivity index (χ4n) is 2.67. The SMILES string of the molecule is O=C(c1ccc(-c2n[nH]c(=S)o2)cc1)N(CCC(F)(F)F)C1CCC1. The monoisotopic (exact) mass is 371 g/mol. The molecular weight excluding hydrogens is 355 g/mol. The molecule has 1 aliphatic carbocycles. The Kier molecular flexibility index (Phi) is 4.94. The summed E-state index contributed by atoms with van der Waals surface area (Å²) in [5, 5.41) is 6.39. The van der Waals surface area contributed by atoms with E-state index in [1.54, 1.807) is 24.3 Å². The Hall–Kier alpha value is -2.16. The number of H-pyrrole nitrogens is 1. The van der Waals surface area contributed by atoms with E-state index < -0.39 is 12.6 Å². The van der Waals surface area contributed by atoms with Crippen molar-refractivity contribution in [1.29, 1.82) is 0 Å². The molecule has 1 amide bonds. The average Bonchev–Trinajstić information content (AvgIpc) is 2.94. The fourth-order valence-corrected chi connectivity index (χ4v) is 2.79. The number of benzene rings is 1. The molecule has 1 aromatic carbocycles. The summed E-state index contributed by atoms with van der Waals surface area (Å²) >= 11 is 4.80. The van der Waals surface area contributed by atoms with Gasteiger partial charge in [-0.1, -0.05) is 0 Å². The quantitative estimate of drug-likeness (QED) is 0.794. The fraction of sp³-hybridized carbons (Fsp3) is 0.438. The number of nitrogens with one attached hydrogen (secondary N) is 1. The maximum absolute atomic E-state index is 12.6. The van der Waals surface area contributed by atoms with Gasteiger partial charge in [-0.15, -0.1) is 5.10 Å². The standard InChI is InChI=1S/C16H16F3N3O2S/c17-16(18,19)8-9-22(12-2-1-3-12)14(23)11-6-4-10(5-7-11)13-20-21-15(25)24-13/h4-7,12H,1-3,8-9H2,(H,21,25). The highest BCUT2D eigenvalue weighted by molar-refractivity contribution is 7.71. The molecular formula is C16H16F3N3O2S. The molecule has 1 saturated carbocycles. The van der Waals surface area contributed by atoms with Gasteiger partial charge in [0.1, 0.15) is 0 Å². The zero-order valence-electron chi connectivity index (χ0n) is 13.2. The van der Waals surface area contributed by atoms with E-state index >= 15 is 0 Å². The van der Waals surface area contributed by atoms with Crippen molar-refractivity contribution in [3.05, 3.63) is 34.7 Å². The number of carbonyl (C=O) groups excluding carboxylic acids is 1. The molecule has 134 valence electrons. The highest BCUT2D eigenvalue weighted by Crippen LogP contribution is 2.29. The summed E-state index contributed by atoms with van der Waals surface area (Å²) in [4.78, 5) is 14.1. The second-order valence-corrected chi connectivity index (χ2v) is 6.31. The molecule has 3 rings (SSSR count). The Labute approximate surface area is 146 Å². The van der Waals surface area contributed by atoms with Gasteiger partial charge in [-0.25, -0.2) is 5.10 Å². The second-order valence-electron chi connectivity index (χ2n) is 5.94. The normalized spacial score (nSPS) is 15.0. The Balaban J connectivity index is 1.75. The van der Waals surface area contributed by atoms with Crippen LogP contribution in [0.5, 0.6) is 0 Å². The van der Waals surface area contributed by atoms with Crippen molar-refractivity contribution in [1.82, 2.24) is 15.1 Å². The number of aromatic amines is 1. The van der Waals surface area contributed by atoms with Gasteiger partial charge in [-0.3, -0.25) is 4.79 Å². The van der Waals surface area contributed by atoms with Crippen LogP contribution in [0.25, 0.3) is 11.5 Å². The number of nitrogens with zero attached hydrogens (tertiary/aromatic N) is 2. The van der Waals surface area contributed by atoms with Gasteiger partial charge in [0.05, 0.1) is 6.42 Å². The number of aromatic nitrogens is 2. The van der Waals surface area contributed by atoms with Gasteiger partial charge in [-0.05, 0) is 55.7 Å². The van der Waals surface area contributed by atoms with Crippen LogP contribution >= 0.6 is 12.2 Å². The molecule has 0 spiro atoms. The molecule has 2 aromatic rings. The molecule has 0 aliphatic heterocycles. The minimum Gasteiger partial charge on any atom is -0.409 e. The van der Waals surface area contributed by atoms with Gasteiger partial charge in [0, 0.05) is 23.7 Å². The van der Waals surface area contributed by atoms with Gasteiger partial charge in [0.2, 0.25) is 5.89 Å². The van der Waals surface area contributed by atoms with Crippen LogP contribution in [-0.2, 0) is 0 Å². The van der Waals surface area contributed by atoms with Gasteiger partial charge >= 0.3 is 6.18 Å². The van der Waals surface area contributed by atoms with Gasteiger partial charge < -0.3 is 9.32 Å². The third-order valence-electron chi connectivity index (χ3n) is 4.23. The van der Waals surface area contributed by atoms with Crippen molar-refractivity contribution in [3.63, 3.8) is 0 Å². The van der Waals surface area contributed by atoms with E-state index in [4.69, 9.17) is 16.6 Å². The summed E-state index contributed by atoms with van der Waals surface area (Å²) in [6.45, 7) is -0.317. The number of halogens is 3. The molecule has 0 atom stereocenters. The summed E-state index contributed by atoms with van der Waals surface area (Å²) in [6.07, 6.45) is -2.86. The molecule has 0 bridgehead atoms. The predicted octanol–water partition coefficient (Wildman–Crippen LogP) is 4.35. The highest BCUT2D eigenvalue weighted by atomic mass is 32.1. The van der Waals surface area contributed by atoms with E-state index in [-0.39, 0.29) is 29.2 Å². The van der Waals surface area contributed by atoms with Crippen LogP contribution in [-0.4, -0.2) is 39.8 Å². The number of alkyl halides is 3. The Morgan fingerprint density at radius 2 is 2.00 bits per heavy atom. The third-order valence-corrected chi connectivity index (χ3v) is 4.40. The van der Waals surface area contributed by atoms with Crippen LogP contribution in [0, 0.1) is 4.84 Å². The van der Waals surface area contributed by atoms with Crippen molar-refractivity contribution < 1.29 is 22.4 Å². The van der Waals surface area contributed by atoms with Crippen molar-refractivity contribution in [3.8, 4) is 11.5 Å². The van der Waals surface area contributed by atoms with Crippen LogP contribution in [0.3, 0.4) is 0 Å². The highest BCUT2D eigenvalue weighted by Gasteiger charge is 2.34. The first kappa shape index (κ1) is 17.7. The van der Waals surface area contributed by atoms with Crippen LogP contribution in [0.1, 0.15) is 36.0 Å². The number of hydrogen-bond acceptors (Lipinski definition) is 4. The van der Waals surface area contributed by atoms with Crippen LogP contribution in [0.4, 0.5) is 13.2 Å². The van der Waals surface area contributed by atoms with Crippen molar-refractivity contribution >= 4 is 18.1 Å². The van der Waals surface area contributed by atoms with E-state index in [0.29, 0.717) is 11.1 Å². The van der Waals surface area contributed by atoms with E-state index in [1.165, 1.54) is 4.90 Å². The van der Waals surface area contributed by atoms with E-state index in [1.807, 2.05) is 0 Å². The van der Waals surface area contributed by atoms with Crippen LogP contribution in [0.2, 0.25) is 0 Å². The largest absolute Gasteiger partial charge is 0.409 e. The van der Waals surface area contributed by atoms with Crippen molar-refractivity contribution in [2.45, 2.75) is 37.9 Å². The number of amides is 1. The molecule has 5 nitrogen and oxygen atoms in total. The molecule has 1 aliphatic rings. The molecule has 1 fully saturated rings. The Bertz CT molecular complexity index is 794. The lowest BCUT2D eigenvalue weighted by Crippen LogP contribution is -2.45. The minimum atomic E-state index is -4.28. The third kappa shape index (κ3) is 4.28. The van der Waals surface area contributed by atoms with Crippen molar-refractivity contribution in [2.75, 3.05) is 6.54 Å². The number of hydrogen-bond donors (Lipinski definition) is 1. The Morgan fingerprint density at radius 1 is 1.32 bits per heavy atom. The predicted molar refractivity (Wildman–Crippen MR) is 86.5 cm³/mol. The molecule has 1 heterocycles. The lowest BCUT2D eigenvalue weighted by molar-refractivity contribution is -0.138. The zero-order chi connectivity index (χ0) is 18.0. The van der Waals surface area contributed by atoms with Crippen LogP contribution in [0.15, 0.2) is 28.7 Å². The lowest BCUT2D eigenvalue weighted by atomic mass is 9.90. The average molecular weight is 371 g/mol. The smallest absolute Gasteiger partial charge is 0.390 e. The van der Waals surface area contributed by atoms with E-state index in [9.17, 15) is 18.0 Å². The summed E-state index contributed by atoms with van der Waals surface area (Å²) in [6, 6.07) is 6.27. The zero-order valence-corrected chi connectivity index (χ0v) is 14.0. The first-order valence-electron chi connectivity index (χ1n) is 7.87. The summed E-state index contributed by atoms with van der Waals surface area (Å²) < 4.78 is 42.8. The van der Waals surface area contributed by atoms with Crippen LogP contribution < -0.4 is 0 Å². The maximum atomic E-state index is 12.6.